The Hall–Kier alpha value is -10.2. The van der Waals surface area contributed by atoms with Gasteiger partial charge >= 0.3 is 0 Å². The number of rotatable bonds is 7. The topological polar surface area (TPSA) is 9.72 Å². The fourth-order valence-electron chi connectivity index (χ4n) is 19.9. The Morgan fingerprint density at radius 3 is 1.00 bits per heavy atom. The monoisotopic (exact) mass is 1330 g/mol. The van der Waals surface area contributed by atoms with Crippen LogP contribution < -0.4 is 31.1 Å². The SMILES string of the molecule is CC(C)(C)c1cc2ccc3cc(C(C)(C)C)cc4c(-c5ccc6c(c5)B5c7cc(-c8cc9cc(C(C)(C)C)cc%10ccc%11cc(C(C)(C)C)cc8c%11c%109)ccc7N(c7ccc(-c8ccccc8)cc7)c7cc(N8C9CC%10CC(C9)CC8C%10)cc(c75)N6c5ccc(-c6ccccc6)cc5)cc(c1)c2c34. The van der Waals surface area contributed by atoms with E-state index in [-0.39, 0.29) is 28.4 Å². The van der Waals surface area contributed by atoms with Crippen LogP contribution in [0.25, 0.3) is 109 Å². The van der Waals surface area contributed by atoms with Gasteiger partial charge < -0.3 is 14.7 Å². The van der Waals surface area contributed by atoms with Gasteiger partial charge in [-0.25, -0.2) is 0 Å². The summed E-state index contributed by atoms with van der Waals surface area (Å²) in [6.45, 7) is 28.3. The number of hydrogen-bond donors (Lipinski definition) is 0. The lowest BCUT2D eigenvalue weighted by atomic mass is 9.33. The van der Waals surface area contributed by atoms with Crippen LogP contribution in [-0.2, 0) is 21.7 Å². The van der Waals surface area contributed by atoms with Crippen LogP contribution in [-0.4, -0.2) is 18.8 Å². The predicted octanol–water partition coefficient (Wildman–Crippen LogP) is 25.2. The first-order chi connectivity index (χ1) is 49.5. The smallest absolute Gasteiger partial charge is 0.252 e. The van der Waals surface area contributed by atoms with Crippen LogP contribution in [0.4, 0.5) is 39.8 Å². The lowest BCUT2D eigenvalue weighted by molar-refractivity contribution is 0.0900. The summed E-state index contributed by atoms with van der Waals surface area (Å²) < 4.78 is 0. The largest absolute Gasteiger partial charge is 0.365 e. The first-order valence-corrected chi connectivity index (χ1v) is 38.2. The normalized spacial score (nSPS) is 18.0. The highest BCUT2D eigenvalue weighted by atomic mass is 15.2. The molecule has 103 heavy (non-hydrogen) atoms. The Morgan fingerprint density at radius 1 is 0.282 bits per heavy atom. The maximum atomic E-state index is 2.94. The number of anilines is 7. The van der Waals surface area contributed by atoms with Crippen LogP contribution in [0.15, 0.2) is 243 Å². The number of benzene rings is 15. The molecule has 3 nitrogen and oxygen atoms in total. The molecule has 2 saturated carbocycles. The van der Waals surface area contributed by atoms with Gasteiger partial charge in [0.15, 0.2) is 0 Å². The molecule has 2 aliphatic carbocycles. The van der Waals surface area contributed by atoms with Gasteiger partial charge in [0.05, 0.1) is 0 Å². The van der Waals surface area contributed by atoms with E-state index in [9.17, 15) is 0 Å². The van der Waals surface area contributed by atoms with Crippen molar-refractivity contribution in [2.45, 2.75) is 149 Å². The molecule has 504 valence electrons. The van der Waals surface area contributed by atoms with Gasteiger partial charge in [0.2, 0.25) is 0 Å². The molecule has 0 N–H and O–H groups in total. The Balaban J connectivity index is 0.902. The Morgan fingerprint density at radius 2 is 0.621 bits per heavy atom. The van der Waals surface area contributed by atoms with E-state index in [1.54, 1.807) is 0 Å². The third-order valence-corrected chi connectivity index (χ3v) is 25.1. The maximum absolute atomic E-state index is 2.94. The van der Waals surface area contributed by atoms with Gasteiger partial charge in [-0.3, -0.25) is 0 Å². The molecule has 0 atom stereocenters. The Bertz CT molecular complexity index is 5600. The van der Waals surface area contributed by atoms with E-state index in [4.69, 9.17) is 0 Å². The average molecular weight is 1330 g/mol. The van der Waals surface area contributed by atoms with E-state index in [0.29, 0.717) is 12.1 Å². The second-order valence-electron chi connectivity index (χ2n) is 35.8. The van der Waals surface area contributed by atoms with E-state index >= 15 is 0 Å². The molecule has 0 spiro atoms. The zero-order valence-corrected chi connectivity index (χ0v) is 61.9. The van der Waals surface area contributed by atoms with Crippen LogP contribution in [0, 0.1) is 11.8 Å². The fourth-order valence-corrected chi connectivity index (χ4v) is 19.9. The molecule has 15 aromatic carbocycles. The van der Waals surface area contributed by atoms with E-state index in [1.165, 1.54) is 208 Å². The predicted molar refractivity (Wildman–Crippen MR) is 445 cm³/mol. The molecule has 4 heteroatoms. The lowest BCUT2D eigenvalue weighted by Gasteiger charge is -2.58. The van der Waals surface area contributed by atoms with Crippen molar-refractivity contribution in [3.63, 3.8) is 0 Å². The molecule has 0 unspecified atom stereocenters. The molecule has 0 aromatic heterocycles. The van der Waals surface area contributed by atoms with Gasteiger partial charge in [-0.1, -0.05) is 253 Å². The molecule has 15 aromatic rings. The quantitative estimate of drug-likeness (QED) is 0.116. The van der Waals surface area contributed by atoms with Crippen molar-refractivity contribution >= 4 is 128 Å². The molecule has 2 saturated heterocycles. The second-order valence-corrected chi connectivity index (χ2v) is 35.8. The van der Waals surface area contributed by atoms with Gasteiger partial charge in [0.25, 0.3) is 6.71 Å². The van der Waals surface area contributed by atoms with Crippen molar-refractivity contribution in [2.75, 3.05) is 14.7 Å². The minimum absolute atomic E-state index is 0.0388. The van der Waals surface area contributed by atoms with Gasteiger partial charge in [-0.2, -0.15) is 0 Å². The molecule has 6 aliphatic rings. The Labute approximate surface area is 608 Å². The van der Waals surface area contributed by atoms with Crippen molar-refractivity contribution in [3.05, 3.63) is 265 Å². The molecular formula is C99H90BN3. The molecule has 4 bridgehead atoms. The van der Waals surface area contributed by atoms with Crippen molar-refractivity contribution in [1.82, 2.24) is 0 Å². The summed E-state index contributed by atoms with van der Waals surface area (Å²) in [4.78, 5) is 8.33. The molecule has 0 amide bonds. The van der Waals surface area contributed by atoms with Crippen molar-refractivity contribution in [1.29, 1.82) is 0 Å². The first-order valence-electron chi connectivity index (χ1n) is 38.2. The van der Waals surface area contributed by atoms with Crippen LogP contribution in [0.2, 0.25) is 0 Å². The minimum Gasteiger partial charge on any atom is -0.365 e. The van der Waals surface area contributed by atoms with Gasteiger partial charge in [-0.05, 0) is 286 Å². The van der Waals surface area contributed by atoms with Crippen molar-refractivity contribution < 1.29 is 0 Å². The van der Waals surface area contributed by atoms with Crippen molar-refractivity contribution in [3.8, 4) is 44.5 Å². The molecule has 4 aliphatic heterocycles. The summed E-state index contributed by atoms with van der Waals surface area (Å²) in [7, 11) is 0. The number of piperidine rings is 2. The van der Waals surface area contributed by atoms with Gasteiger partial charge in [0, 0.05) is 51.9 Å². The van der Waals surface area contributed by atoms with Crippen molar-refractivity contribution in [2.24, 2.45) is 11.8 Å². The standard InChI is InChI=1S/C99H90BN3/c1-96(2,3)72-44-66-23-25-68-46-74(98(7,8)9)54-83-81(50-70(48-72)91(66)93(68)83)64-31-37-87-85(52-64)100-86-53-65(82-51-71-49-73(97(4,5)6)45-67-24-26-69-47-75(99(10,11)12)55-84(82)94(69)92(67)71)32-38-88(86)103(77-35-29-63(30-36-77)61-21-17-14-18-22-61)90-57-80(101-78-40-58-39-59(42-78)43-79(101)41-58)56-89(95(90)100)102(87)76-33-27-62(28-34-76)60-19-15-13-16-20-60/h13-38,44-59,78-79H,39-43H2,1-12H3. The van der Waals surface area contributed by atoms with Crippen LogP contribution >= 0.6 is 0 Å². The number of nitrogens with zero attached hydrogens (tertiary/aromatic N) is 3. The van der Waals surface area contributed by atoms with Crippen LogP contribution in [0.5, 0.6) is 0 Å². The maximum Gasteiger partial charge on any atom is 0.252 e. The van der Waals surface area contributed by atoms with E-state index in [2.05, 4.69) is 340 Å². The van der Waals surface area contributed by atoms with Crippen LogP contribution in [0.1, 0.15) is 137 Å². The number of hydrogen-bond acceptors (Lipinski definition) is 3. The van der Waals surface area contributed by atoms with E-state index in [1.807, 2.05) is 0 Å². The Kier molecular flexibility index (Phi) is 13.5. The van der Waals surface area contributed by atoms with Crippen LogP contribution in [0.3, 0.4) is 0 Å². The lowest BCUT2D eigenvalue weighted by Crippen LogP contribution is -2.62. The second kappa shape index (κ2) is 22.2. The summed E-state index contributed by atoms with van der Waals surface area (Å²) in [5.74, 6) is 1.64. The molecular weight excluding hydrogens is 1240 g/mol. The molecule has 21 rings (SSSR count). The average Bonchev–Trinajstić information content (AvgIpc) is 0.696. The highest BCUT2D eigenvalue weighted by molar-refractivity contribution is 7.00. The summed E-state index contributed by atoms with van der Waals surface area (Å²) >= 11 is 0. The van der Waals surface area contributed by atoms with E-state index < -0.39 is 0 Å². The first kappa shape index (κ1) is 62.6. The summed E-state index contributed by atoms with van der Waals surface area (Å²) in [6.07, 6.45) is 6.53. The summed E-state index contributed by atoms with van der Waals surface area (Å²) in [5.41, 5.74) is 27.7. The molecule has 4 heterocycles. The third kappa shape index (κ3) is 9.89. The van der Waals surface area contributed by atoms with Gasteiger partial charge in [-0.15, -0.1) is 0 Å². The fraction of sp³-hybridized carbons (Fsp3) is 0.253. The van der Waals surface area contributed by atoms with Gasteiger partial charge in [0.1, 0.15) is 0 Å². The van der Waals surface area contributed by atoms with E-state index in [0.717, 1.165) is 23.2 Å². The zero-order chi connectivity index (χ0) is 70.1. The molecule has 0 radical (unpaired) electrons. The minimum atomic E-state index is -0.168. The third-order valence-electron chi connectivity index (χ3n) is 25.1. The number of fused-ring (bicyclic) bond motifs is 4. The molecule has 4 fully saturated rings. The summed E-state index contributed by atoms with van der Waals surface area (Å²) in [6, 6.07) is 97.4. The zero-order valence-electron chi connectivity index (χ0n) is 61.9. The highest BCUT2D eigenvalue weighted by Crippen LogP contribution is 2.55. The summed E-state index contributed by atoms with van der Waals surface area (Å²) in [5, 5.41) is 15.9. The highest BCUT2D eigenvalue weighted by Gasteiger charge is 2.50.